The summed E-state index contributed by atoms with van der Waals surface area (Å²) in [6.07, 6.45) is 0.836. The molecule has 2 aromatic carbocycles. The second-order valence-corrected chi connectivity index (χ2v) is 8.65. The predicted molar refractivity (Wildman–Crippen MR) is 116 cm³/mol. The van der Waals surface area contributed by atoms with E-state index in [1.165, 1.54) is 18.2 Å². The third kappa shape index (κ3) is 7.28. The van der Waals surface area contributed by atoms with Gasteiger partial charge in [0, 0.05) is 20.3 Å². The van der Waals surface area contributed by atoms with Crippen LogP contribution in [0.5, 0.6) is 5.75 Å². The van der Waals surface area contributed by atoms with Crippen molar-refractivity contribution in [3.05, 3.63) is 59.1 Å². The molecule has 0 saturated heterocycles. The van der Waals surface area contributed by atoms with Gasteiger partial charge in [0.15, 0.2) is 0 Å². The van der Waals surface area contributed by atoms with Gasteiger partial charge in [-0.05, 0) is 43.5 Å². The van der Waals surface area contributed by atoms with Gasteiger partial charge >= 0.3 is 0 Å². The highest BCUT2D eigenvalue weighted by Gasteiger charge is 2.26. The number of carbonyl (C=O) groups excluding carboxylic acids is 1. The number of methoxy groups -OCH3 is 1. The van der Waals surface area contributed by atoms with E-state index in [-0.39, 0.29) is 16.3 Å². The fourth-order valence-corrected chi connectivity index (χ4v) is 4.29. The van der Waals surface area contributed by atoms with E-state index in [1.807, 2.05) is 37.3 Å². The Labute approximate surface area is 182 Å². The molecule has 0 bridgehead atoms. The van der Waals surface area contributed by atoms with Crippen molar-refractivity contribution in [1.82, 2.24) is 10.0 Å². The van der Waals surface area contributed by atoms with Crippen LogP contribution in [0.25, 0.3) is 0 Å². The number of halogens is 1. The third-order valence-electron chi connectivity index (χ3n) is 4.23. The van der Waals surface area contributed by atoms with Crippen molar-refractivity contribution in [1.29, 1.82) is 0 Å². The average molecular weight is 455 g/mol. The molecule has 0 aliphatic carbocycles. The lowest BCUT2D eigenvalue weighted by Gasteiger charge is -2.19. The van der Waals surface area contributed by atoms with Crippen LogP contribution < -0.4 is 14.8 Å². The van der Waals surface area contributed by atoms with Crippen LogP contribution in [0.2, 0.25) is 5.02 Å². The molecule has 30 heavy (non-hydrogen) atoms. The number of hydrogen-bond donors (Lipinski definition) is 2. The van der Waals surface area contributed by atoms with Gasteiger partial charge in [-0.1, -0.05) is 41.9 Å². The molecule has 1 atom stereocenters. The van der Waals surface area contributed by atoms with Crippen molar-refractivity contribution in [2.75, 3.05) is 26.9 Å². The normalized spacial score (nSPS) is 12.4. The Kier molecular flexibility index (Phi) is 9.58. The van der Waals surface area contributed by atoms with Gasteiger partial charge in [0.25, 0.3) is 0 Å². The largest absolute Gasteiger partial charge is 0.492 e. The Morgan fingerprint density at radius 2 is 1.90 bits per heavy atom. The van der Waals surface area contributed by atoms with E-state index in [1.54, 1.807) is 7.11 Å². The first-order valence-electron chi connectivity index (χ1n) is 9.62. The van der Waals surface area contributed by atoms with Gasteiger partial charge in [0.05, 0.1) is 16.5 Å². The third-order valence-corrected chi connectivity index (χ3v) is 6.00. The van der Waals surface area contributed by atoms with E-state index in [0.29, 0.717) is 31.9 Å². The molecule has 164 valence electrons. The first kappa shape index (κ1) is 24.1. The number of rotatable bonds is 12. The van der Waals surface area contributed by atoms with Gasteiger partial charge in [-0.25, -0.2) is 8.42 Å². The highest BCUT2D eigenvalue weighted by Crippen LogP contribution is 2.27. The quantitative estimate of drug-likeness (QED) is 0.481. The summed E-state index contributed by atoms with van der Waals surface area (Å²) in [5.41, 5.74) is 0.835. The predicted octanol–water partition coefficient (Wildman–Crippen LogP) is 2.78. The lowest BCUT2D eigenvalue weighted by atomic mass is 10.1. The minimum Gasteiger partial charge on any atom is -0.492 e. The Morgan fingerprint density at radius 3 is 2.53 bits per heavy atom. The van der Waals surface area contributed by atoms with Crippen LogP contribution in [0.1, 0.15) is 18.9 Å². The van der Waals surface area contributed by atoms with E-state index >= 15 is 0 Å². The summed E-state index contributed by atoms with van der Waals surface area (Å²) in [6, 6.07) is 12.4. The molecule has 9 heteroatoms. The van der Waals surface area contributed by atoms with Gasteiger partial charge in [0.1, 0.15) is 11.8 Å². The van der Waals surface area contributed by atoms with Gasteiger partial charge in [0.2, 0.25) is 15.9 Å². The topological polar surface area (TPSA) is 93.7 Å². The smallest absolute Gasteiger partial charge is 0.241 e. The van der Waals surface area contributed by atoms with Crippen molar-refractivity contribution >= 4 is 27.5 Å². The van der Waals surface area contributed by atoms with Crippen molar-refractivity contribution in [3.8, 4) is 5.75 Å². The van der Waals surface area contributed by atoms with Crippen molar-refractivity contribution in [2.45, 2.75) is 30.7 Å². The SMILES string of the molecule is CCOc1ccc(S(=O)(=O)N[C@@H](Cc2ccccc2)C(=O)NCCCOC)cc1Cl. The maximum atomic E-state index is 12.9. The van der Waals surface area contributed by atoms with Crippen LogP contribution in [0, 0.1) is 0 Å². The Morgan fingerprint density at radius 1 is 1.17 bits per heavy atom. The van der Waals surface area contributed by atoms with Gasteiger partial charge in [-0.15, -0.1) is 0 Å². The number of benzene rings is 2. The molecule has 0 fully saturated rings. The summed E-state index contributed by atoms with van der Waals surface area (Å²) in [4.78, 5) is 12.7. The first-order valence-corrected chi connectivity index (χ1v) is 11.5. The molecule has 2 rings (SSSR count). The highest BCUT2D eigenvalue weighted by atomic mass is 35.5. The standard InChI is InChI=1S/C21H27ClN2O5S/c1-3-29-20-11-10-17(15-18(20)22)30(26,27)24-19(14-16-8-5-4-6-9-16)21(25)23-12-7-13-28-2/h4-6,8-11,15,19,24H,3,7,12-14H2,1-2H3,(H,23,25)/t19-/m0/s1. The molecule has 1 amide bonds. The van der Waals surface area contributed by atoms with E-state index in [4.69, 9.17) is 21.1 Å². The number of carbonyl (C=O) groups is 1. The lowest BCUT2D eigenvalue weighted by Crippen LogP contribution is -2.48. The minimum atomic E-state index is -3.99. The summed E-state index contributed by atoms with van der Waals surface area (Å²) in [5, 5.41) is 2.94. The summed E-state index contributed by atoms with van der Waals surface area (Å²) < 4.78 is 38.7. The zero-order valence-corrected chi connectivity index (χ0v) is 18.6. The molecule has 2 aromatic rings. The van der Waals surface area contributed by atoms with Crippen LogP contribution in [0.4, 0.5) is 0 Å². The van der Waals surface area contributed by atoms with E-state index in [2.05, 4.69) is 10.0 Å². The monoisotopic (exact) mass is 454 g/mol. The molecular formula is C21H27ClN2O5S. The molecule has 0 aliphatic rings. The molecule has 2 N–H and O–H groups in total. The van der Waals surface area contributed by atoms with E-state index in [0.717, 1.165) is 5.56 Å². The Bertz CT molecular complexity index is 922. The molecule has 0 heterocycles. The van der Waals surface area contributed by atoms with Gasteiger partial charge < -0.3 is 14.8 Å². The fraction of sp³-hybridized carbons (Fsp3) is 0.381. The first-order chi connectivity index (χ1) is 14.4. The van der Waals surface area contributed by atoms with Gasteiger partial charge in [-0.2, -0.15) is 4.72 Å². The number of sulfonamides is 1. The summed E-state index contributed by atoms with van der Waals surface area (Å²) in [7, 11) is -2.41. The zero-order valence-electron chi connectivity index (χ0n) is 17.1. The zero-order chi connectivity index (χ0) is 22.0. The van der Waals surface area contributed by atoms with Crippen LogP contribution in [0.15, 0.2) is 53.4 Å². The molecular weight excluding hydrogens is 428 g/mol. The second kappa shape index (κ2) is 11.9. The van der Waals surface area contributed by atoms with E-state index < -0.39 is 22.0 Å². The molecule has 0 spiro atoms. The summed E-state index contributed by atoms with van der Waals surface area (Å²) >= 11 is 6.13. The fourth-order valence-electron chi connectivity index (χ4n) is 2.77. The van der Waals surface area contributed by atoms with Crippen LogP contribution >= 0.6 is 11.6 Å². The van der Waals surface area contributed by atoms with Crippen molar-refractivity contribution in [2.24, 2.45) is 0 Å². The number of amides is 1. The maximum absolute atomic E-state index is 12.9. The molecule has 0 saturated carbocycles. The summed E-state index contributed by atoms with van der Waals surface area (Å²) in [6.45, 7) is 3.10. The maximum Gasteiger partial charge on any atom is 0.241 e. The number of hydrogen-bond acceptors (Lipinski definition) is 5. The van der Waals surface area contributed by atoms with Crippen molar-refractivity contribution < 1.29 is 22.7 Å². The Hall–Kier alpha value is -2.13. The molecule has 0 radical (unpaired) electrons. The van der Waals surface area contributed by atoms with E-state index in [9.17, 15) is 13.2 Å². The summed E-state index contributed by atoms with van der Waals surface area (Å²) in [5.74, 6) is -0.00889. The Balaban J connectivity index is 2.20. The second-order valence-electron chi connectivity index (χ2n) is 6.53. The lowest BCUT2D eigenvalue weighted by molar-refractivity contribution is -0.122. The van der Waals surface area contributed by atoms with Crippen molar-refractivity contribution in [3.63, 3.8) is 0 Å². The van der Waals surface area contributed by atoms with Gasteiger partial charge in [-0.3, -0.25) is 4.79 Å². The number of nitrogens with one attached hydrogen (secondary N) is 2. The highest BCUT2D eigenvalue weighted by molar-refractivity contribution is 7.89. The molecule has 0 aliphatic heterocycles. The van der Waals surface area contributed by atoms with Crippen LogP contribution in [-0.4, -0.2) is 47.2 Å². The van der Waals surface area contributed by atoms with Crippen LogP contribution in [-0.2, 0) is 26.0 Å². The molecule has 0 unspecified atom stereocenters. The molecule has 7 nitrogen and oxygen atoms in total. The minimum absolute atomic E-state index is 0.0406. The average Bonchev–Trinajstić information content (AvgIpc) is 2.72. The van der Waals surface area contributed by atoms with Crippen LogP contribution in [0.3, 0.4) is 0 Å². The number of ether oxygens (including phenoxy) is 2. The molecule has 0 aromatic heterocycles.